The lowest BCUT2D eigenvalue weighted by molar-refractivity contribution is -0.122. The molecule has 0 bridgehead atoms. The summed E-state index contributed by atoms with van der Waals surface area (Å²) in [6, 6.07) is 8.31. The fourth-order valence-corrected chi connectivity index (χ4v) is 2.41. The summed E-state index contributed by atoms with van der Waals surface area (Å²) in [5.41, 5.74) is 0.304. The number of carboxylic acids is 2. The number of anilines is 1. The van der Waals surface area contributed by atoms with Crippen molar-refractivity contribution in [3.8, 4) is 5.75 Å². The van der Waals surface area contributed by atoms with E-state index in [-0.39, 0.29) is 16.8 Å². The van der Waals surface area contributed by atoms with Crippen LogP contribution in [-0.2, 0) is 4.79 Å². The number of carboxylic acid groups (broad SMARTS) is 2. The summed E-state index contributed by atoms with van der Waals surface area (Å²) < 4.78 is 5.59. The Hall–Kier alpha value is -3.06. The van der Waals surface area contributed by atoms with E-state index >= 15 is 0 Å². The molecule has 2 aromatic carbocycles. The van der Waals surface area contributed by atoms with Gasteiger partial charge in [0, 0.05) is 10.7 Å². The maximum absolute atomic E-state index is 12.3. The van der Waals surface area contributed by atoms with Crippen molar-refractivity contribution in [2.75, 3.05) is 5.32 Å². The third kappa shape index (κ3) is 4.73. The second kappa shape index (κ2) is 7.88. The molecule has 0 fully saturated rings. The predicted molar refractivity (Wildman–Crippen MR) is 95.3 cm³/mol. The fourth-order valence-electron chi connectivity index (χ4n) is 2.18. The number of aryl methyl sites for hydroxylation is 1. The van der Waals surface area contributed by atoms with Gasteiger partial charge in [-0.15, -0.1) is 0 Å². The second-order valence-corrected chi connectivity index (χ2v) is 6.00. The van der Waals surface area contributed by atoms with Gasteiger partial charge in [0.25, 0.3) is 5.91 Å². The monoisotopic (exact) mass is 377 g/mol. The summed E-state index contributed by atoms with van der Waals surface area (Å²) in [7, 11) is 0. The Balaban J connectivity index is 2.17. The van der Waals surface area contributed by atoms with Gasteiger partial charge in [0.15, 0.2) is 6.10 Å². The van der Waals surface area contributed by atoms with Crippen LogP contribution in [0.25, 0.3) is 0 Å². The number of aromatic carboxylic acids is 2. The maximum Gasteiger partial charge on any atom is 0.335 e. The van der Waals surface area contributed by atoms with Crippen LogP contribution in [0.3, 0.4) is 0 Å². The average molecular weight is 378 g/mol. The molecule has 0 aromatic heterocycles. The topological polar surface area (TPSA) is 113 Å². The highest BCUT2D eigenvalue weighted by molar-refractivity contribution is 6.30. The molecular weight excluding hydrogens is 362 g/mol. The van der Waals surface area contributed by atoms with Gasteiger partial charge in [-0.05, 0) is 55.8 Å². The van der Waals surface area contributed by atoms with Crippen molar-refractivity contribution in [3.05, 3.63) is 58.1 Å². The van der Waals surface area contributed by atoms with E-state index in [0.29, 0.717) is 10.8 Å². The highest BCUT2D eigenvalue weighted by Gasteiger charge is 2.18. The van der Waals surface area contributed by atoms with Crippen molar-refractivity contribution in [2.45, 2.75) is 20.0 Å². The van der Waals surface area contributed by atoms with Gasteiger partial charge in [-0.1, -0.05) is 11.6 Å². The first-order valence-corrected chi connectivity index (χ1v) is 7.90. The van der Waals surface area contributed by atoms with Gasteiger partial charge in [0.2, 0.25) is 0 Å². The molecule has 0 aliphatic carbocycles. The molecule has 7 nitrogen and oxygen atoms in total. The Morgan fingerprint density at radius 3 is 2.12 bits per heavy atom. The van der Waals surface area contributed by atoms with E-state index in [0.717, 1.165) is 11.6 Å². The Labute approximate surface area is 154 Å². The molecule has 2 aromatic rings. The van der Waals surface area contributed by atoms with E-state index in [1.54, 1.807) is 25.1 Å². The zero-order valence-corrected chi connectivity index (χ0v) is 14.7. The number of amides is 1. The molecule has 136 valence electrons. The van der Waals surface area contributed by atoms with Crippen molar-refractivity contribution < 1.29 is 29.3 Å². The Bertz CT molecular complexity index is 848. The SMILES string of the molecule is Cc1cc(Cl)ccc1O[C@H](C)C(=O)Nc1cc(C(=O)O)cc(C(=O)O)c1. The first-order chi connectivity index (χ1) is 12.2. The minimum Gasteiger partial charge on any atom is -0.481 e. The fraction of sp³-hybridized carbons (Fsp3) is 0.167. The van der Waals surface area contributed by atoms with Gasteiger partial charge in [0.05, 0.1) is 11.1 Å². The predicted octanol–water partition coefficient (Wildman–Crippen LogP) is 3.45. The number of carbonyl (C=O) groups is 3. The first-order valence-electron chi connectivity index (χ1n) is 7.52. The molecule has 0 heterocycles. The minimum atomic E-state index is -1.30. The van der Waals surface area contributed by atoms with E-state index in [4.69, 9.17) is 26.6 Å². The highest BCUT2D eigenvalue weighted by Crippen LogP contribution is 2.23. The van der Waals surface area contributed by atoms with Gasteiger partial charge < -0.3 is 20.3 Å². The standard InChI is InChI=1S/C18H16ClNO6/c1-9-5-13(19)3-4-15(9)26-10(2)16(21)20-14-7-11(17(22)23)6-12(8-14)18(24)25/h3-8,10H,1-2H3,(H,20,21)(H,22,23)(H,24,25)/t10-/m1/s1. The number of benzene rings is 2. The molecular formula is C18H16ClNO6. The zero-order valence-electron chi connectivity index (χ0n) is 13.9. The van der Waals surface area contributed by atoms with Crippen LogP contribution in [0.5, 0.6) is 5.75 Å². The van der Waals surface area contributed by atoms with Crippen molar-refractivity contribution in [3.63, 3.8) is 0 Å². The van der Waals surface area contributed by atoms with Gasteiger partial charge in [-0.3, -0.25) is 4.79 Å². The maximum atomic E-state index is 12.3. The highest BCUT2D eigenvalue weighted by atomic mass is 35.5. The van der Waals surface area contributed by atoms with Crippen molar-refractivity contribution in [1.82, 2.24) is 0 Å². The Morgan fingerprint density at radius 2 is 1.62 bits per heavy atom. The molecule has 26 heavy (non-hydrogen) atoms. The van der Waals surface area contributed by atoms with E-state index in [1.807, 2.05) is 0 Å². The summed E-state index contributed by atoms with van der Waals surface area (Å²) >= 11 is 5.87. The third-order valence-electron chi connectivity index (χ3n) is 3.50. The van der Waals surface area contributed by atoms with E-state index < -0.39 is 23.9 Å². The van der Waals surface area contributed by atoms with E-state index in [2.05, 4.69) is 5.32 Å². The van der Waals surface area contributed by atoms with Crippen LogP contribution in [0.4, 0.5) is 5.69 Å². The van der Waals surface area contributed by atoms with Crippen LogP contribution in [0.15, 0.2) is 36.4 Å². The number of nitrogens with one attached hydrogen (secondary N) is 1. The van der Waals surface area contributed by atoms with E-state index in [1.165, 1.54) is 19.1 Å². The smallest absolute Gasteiger partial charge is 0.335 e. The van der Waals surface area contributed by atoms with Crippen LogP contribution in [0.1, 0.15) is 33.2 Å². The molecule has 0 aliphatic rings. The number of rotatable bonds is 6. The molecule has 1 amide bonds. The molecule has 1 atom stereocenters. The van der Waals surface area contributed by atoms with Gasteiger partial charge in [-0.25, -0.2) is 9.59 Å². The zero-order chi connectivity index (χ0) is 19.4. The van der Waals surface area contributed by atoms with Crippen molar-refractivity contribution in [1.29, 1.82) is 0 Å². The van der Waals surface area contributed by atoms with Gasteiger partial charge >= 0.3 is 11.9 Å². The van der Waals surface area contributed by atoms with Crippen LogP contribution >= 0.6 is 11.6 Å². The molecule has 0 saturated heterocycles. The average Bonchev–Trinajstić information content (AvgIpc) is 2.56. The Morgan fingerprint density at radius 1 is 1.04 bits per heavy atom. The summed E-state index contributed by atoms with van der Waals surface area (Å²) in [4.78, 5) is 34.5. The lowest BCUT2D eigenvalue weighted by Gasteiger charge is -2.17. The minimum absolute atomic E-state index is 0.0515. The third-order valence-corrected chi connectivity index (χ3v) is 3.74. The number of ether oxygens (including phenoxy) is 1. The van der Waals surface area contributed by atoms with Crippen LogP contribution in [0, 0.1) is 6.92 Å². The lowest BCUT2D eigenvalue weighted by atomic mass is 10.1. The van der Waals surface area contributed by atoms with Crippen LogP contribution in [0.2, 0.25) is 5.02 Å². The molecule has 0 aliphatic heterocycles. The number of carbonyl (C=O) groups excluding carboxylic acids is 1. The largest absolute Gasteiger partial charge is 0.481 e. The summed E-state index contributed by atoms with van der Waals surface area (Å²) in [5.74, 6) is -2.69. The van der Waals surface area contributed by atoms with Crippen LogP contribution < -0.4 is 10.1 Å². The molecule has 0 spiro atoms. The molecule has 0 radical (unpaired) electrons. The first kappa shape index (κ1) is 19.3. The second-order valence-electron chi connectivity index (χ2n) is 5.57. The molecule has 3 N–H and O–H groups in total. The van der Waals surface area contributed by atoms with Gasteiger partial charge in [0.1, 0.15) is 5.75 Å². The normalized spacial score (nSPS) is 11.5. The van der Waals surface area contributed by atoms with Crippen LogP contribution in [-0.4, -0.2) is 34.2 Å². The van der Waals surface area contributed by atoms with Crippen molar-refractivity contribution in [2.24, 2.45) is 0 Å². The lowest BCUT2D eigenvalue weighted by Crippen LogP contribution is -2.30. The van der Waals surface area contributed by atoms with E-state index in [9.17, 15) is 14.4 Å². The molecule has 0 unspecified atom stereocenters. The number of hydrogen-bond acceptors (Lipinski definition) is 4. The summed E-state index contributed by atoms with van der Waals surface area (Å²) in [5, 5.41) is 21.1. The Kier molecular flexibility index (Phi) is 5.84. The summed E-state index contributed by atoms with van der Waals surface area (Å²) in [6.45, 7) is 3.30. The number of hydrogen-bond donors (Lipinski definition) is 3. The summed E-state index contributed by atoms with van der Waals surface area (Å²) in [6.07, 6.45) is -0.906. The molecule has 2 rings (SSSR count). The quantitative estimate of drug-likeness (QED) is 0.710. The molecule has 8 heteroatoms. The van der Waals surface area contributed by atoms with Crippen molar-refractivity contribution >= 4 is 35.1 Å². The van der Waals surface area contributed by atoms with Gasteiger partial charge in [-0.2, -0.15) is 0 Å². The number of halogens is 1. The molecule has 0 saturated carbocycles.